The van der Waals surface area contributed by atoms with Gasteiger partial charge in [-0.1, -0.05) is 17.7 Å². The van der Waals surface area contributed by atoms with Crippen molar-refractivity contribution in [3.05, 3.63) is 58.1 Å². The zero-order valence-electron chi connectivity index (χ0n) is 12.3. The van der Waals surface area contributed by atoms with Gasteiger partial charge in [0.25, 0.3) is 0 Å². The molecular formula is C17H17ClO3. The topological polar surface area (TPSA) is 35.5 Å². The number of carbonyl (C=O) groups is 1. The first-order valence-electron chi connectivity index (χ1n) is 6.58. The number of methoxy groups -OCH3 is 1. The zero-order valence-corrected chi connectivity index (χ0v) is 13.0. The molecular weight excluding hydrogens is 288 g/mol. The third-order valence-electron chi connectivity index (χ3n) is 3.14. The number of Topliss-reactive ketones (excluding diaryl/α,β-unsaturated/α-hetero) is 1. The van der Waals surface area contributed by atoms with E-state index in [4.69, 9.17) is 21.1 Å². The van der Waals surface area contributed by atoms with Crippen LogP contribution in [-0.4, -0.2) is 12.9 Å². The fourth-order valence-corrected chi connectivity index (χ4v) is 2.25. The van der Waals surface area contributed by atoms with Crippen molar-refractivity contribution in [2.45, 2.75) is 20.5 Å². The van der Waals surface area contributed by atoms with Gasteiger partial charge in [-0.3, -0.25) is 4.79 Å². The fraction of sp³-hybridized carbons (Fsp3) is 0.235. The van der Waals surface area contributed by atoms with Crippen molar-refractivity contribution < 1.29 is 14.3 Å². The van der Waals surface area contributed by atoms with Crippen molar-refractivity contribution in [2.24, 2.45) is 0 Å². The summed E-state index contributed by atoms with van der Waals surface area (Å²) in [5.41, 5.74) is 2.44. The highest BCUT2D eigenvalue weighted by atomic mass is 35.5. The number of carbonyl (C=O) groups excluding carboxylic acids is 1. The van der Waals surface area contributed by atoms with Crippen LogP contribution in [0.1, 0.15) is 28.4 Å². The minimum Gasteiger partial charge on any atom is -0.496 e. The Morgan fingerprint density at radius 1 is 1.14 bits per heavy atom. The summed E-state index contributed by atoms with van der Waals surface area (Å²) in [6.07, 6.45) is 0. The van der Waals surface area contributed by atoms with Crippen molar-refractivity contribution in [2.75, 3.05) is 7.11 Å². The molecule has 0 N–H and O–H groups in total. The Balaban J connectivity index is 2.26. The molecule has 21 heavy (non-hydrogen) atoms. The zero-order chi connectivity index (χ0) is 15.4. The van der Waals surface area contributed by atoms with Crippen molar-refractivity contribution in [1.29, 1.82) is 0 Å². The molecule has 4 heteroatoms. The van der Waals surface area contributed by atoms with E-state index >= 15 is 0 Å². The van der Waals surface area contributed by atoms with Crippen molar-refractivity contribution >= 4 is 17.4 Å². The van der Waals surface area contributed by atoms with E-state index in [0.29, 0.717) is 22.1 Å². The molecule has 0 unspecified atom stereocenters. The molecule has 0 atom stereocenters. The maximum absolute atomic E-state index is 11.6. The molecule has 2 rings (SSSR count). The first-order chi connectivity index (χ1) is 10.0. The molecule has 0 spiro atoms. The Morgan fingerprint density at radius 3 is 2.57 bits per heavy atom. The summed E-state index contributed by atoms with van der Waals surface area (Å²) in [6.45, 7) is 3.77. The Morgan fingerprint density at radius 2 is 1.90 bits per heavy atom. The molecule has 2 aromatic rings. The van der Waals surface area contributed by atoms with Gasteiger partial charge in [0.05, 0.1) is 12.7 Å². The molecule has 0 bridgehead atoms. The number of rotatable bonds is 5. The maximum Gasteiger partial charge on any atom is 0.163 e. The van der Waals surface area contributed by atoms with Gasteiger partial charge >= 0.3 is 0 Å². The SMILES string of the molecule is COc1ccc(Cl)cc1COc1cc(C)ccc1C(C)=O. The second kappa shape index (κ2) is 6.64. The van der Waals surface area contributed by atoms with Gasteiger partial charge in [0.1, 0.15) is 18.1 Å². The Bertz CT molecular complexity index is 665. The van der Waals surface area contributed by atoms with E-state index in [0.717, 1.165) is 11.1 Å². The summed E-state index contributed by atoms with van der Waals surface area (Å²) in [6, 6.07) is 10.9. The van der Waals surface area contributed by atoms with E-state index in [1.807, 2.05) is 19.1 Å². The van der Waals surface area contributed by atoms with Crippen LogP contribution < -0.4 is 9.47 Å². The highest BCUT2D eigenvalue weighted by Crippen LogP contribution is 2.26. The lowest BCUT2D eigenvalue weighted by Crippen LogP contribution is -2.03. The van der Waals surface area contributed by atoms with Crippen LogP contribution in [0.25, 0.3) is 0 Å². The Kier molecular flexibility index (Phi) is 4.86. The van der Waals surface area contributed by atoms with Crippen LogP contribution in [-0.2, 0) is 6.61 Å². The number of ether oxygens (including phenoxy) is 2. The van der Waals surface area contributed by atoms with Crippen molar-refractivity contribution in [3.8, 4) is 11.5 Å². The number of benzene rings is 2. The molecule has 0 fully saturated rings. The molecule has 0 aliphatic carbocycles. The van der Waals surface area contributed by atoms with Gasteiger partial charge in [-0.25, -0.2) is 0 Å². The average molecular weight is 305 g/mol. The summed E-state index contributed by atoms with van der Waals surface area (Å²) in [5, 5.41) is 0.616. The van der Waals surface area contributed by atoms with Gasteiger partial charge in [-0.2, -0.15) is 0 Å². The predicted octanol–water partition coefficient (Wildman–Crippen LogP) is 4.44. The number of halogens is 1. The summed E-state index contributed by atoms with van der Waals surface area (Å²) in [5.74, 6) is 1.25. The van der Waals surface area contributed by atoms with E-state index < -0.39 is 0 Å². The second-order valence-corrected chi connectivity index (χ2v) is 5.24. The van der Waals surface area contributed by atoms with Gasteiger partial charge < -0.3 is 9.47 Å². The highest BCUT2D eigenvalue weighted by molar-refractivity contribution is 6.30. The normalized spacial score (nSPS) is 10.3. The molecule has 0 saturated carbocycles. The summed E-state index contributed by atoms with van der Waals surface area (Å²) >= 11 is 6.00. The summed E-state index contributed by atoms with van der Waals surface area (Å²) in [7, 11) is 1.60. The van der Waals surface area contributed by atoms with Crippen LogP contribution in [0.4, 0.5) is 0 Å². The molecule has 0 aliphatic rings. The lowest BCUT2D eigenvalue weighted by Gasteiger charge is -2.13. The number of hydrogen-bond acceptors (Lipinski definition) is 3. The minimum absolute atomic E-state index is 0.0249. The molecule has 0 radical (unpaired) electrons. The predicted molar refractivity (Wildman–Crippen MR) is 83.5 cm³/mol. The van der Waals surface area contributed by atoms with E-state index in [9.17, 15) is 4.79 Å². The maximum atomic E-state index is 11.6. The monoisotopic (exact) mass is 304 g/mol. The van der Waals surface area contributed by atoms with Crippen LogP contribution in [0.5, 0.6) is 11.5 Å². The fourth-order valence-electron chi connectivity index (χ4n) is 2.06. The van der Waals surface area contributed by atoms with E-state index in [1.165, 1.54) is 6.92 Å². The molecule has 0 aliphatic heterocycles. The highest BCUT2D eigenvalue weighted by Gasteiger charge is 2.11. The minimum atomic E-state index is -0.0249. The Labute approximate surface area is 129 Å². The third kappa shape index (κ3) is 3.76. The standard InChI is InChI=1S/C17H17ClO3/c1-11-4-6-15(12(2)19)17(8-11)21-10-13-9-14(18)5-7-16(13)20-3/h4-9H,10H2,1-3H3. The summed E-state index contributed by atoms with van der Waals surface area (Å²) < 4.78 is 11.1. The van der Waals surface area contributed by atoms with E-state index in [-0.39, 0.29) is 12.4 Å². The van der Waals surface area contributed by atoms with Crippen molar-refractivity contribution in [3.63, 3.8) is 0 Å². The molecule has 0 aromatic heterocycles. The second-order valence-electron chi connectivity index (χ2n) is 4.80. The van der Waals surface area contributed by atoms with Gasteiger partial charge in [-0.15, -0.1) is 0 Å². The average Bonchev–Trinajstić information content (AvgIpc) is 2.45. The van der Waals surface area contributed by atoms with Gasteiger partial charge in [-0.05, 0) is 49.7 Å². The first-order valence-corrected chi connectivity index (χ1v) is 6.96. The molecule has 110 valence electrons. The Hall–Kier alpha value is -2.00. The van der Waals surface area contributed by atoms with Crippen LogP contribution >= 0.6 is 11.6 Å². The molecule has 3 nitrogen and oxygen atoms in total. The number of ketones is 1. The third-order valence-corrected chi connectivity index (χ3v) is 3.38. The quantitative estimate of drug-likeness (QED) is 0.766. The van der Waals surface area contributed by atoms with Gasteiger partial charge in [0, 0.05) is 10.6 Å². The van der Waals surface area contributed by atoms with Crippen molar-refractivity contribution in [1.82, 2.24) is 0 Å². The smallest absolute Gasteiger partial charge is 0.163 e. The number of aryl methyl sites for hydroxylation is 1. The van der Waals surface area contributed by atoms with Gasteiger partial charge in [0.15, 0.2) is 5.78 Å². The largest absolute Gasteiger partial charge is 0.496 e. The van der Waals surface area contributed by atoms with E-state index in [1.54, 1.807) is 31.4 Å². The van der Waals surface area contributed by atoms with E-state index in [2.05, 4.69) is 0 Å². The molecule has 0 heterocycles. The molecule has 0 saturated heterocycles. The lowest BCUT2D eigenvalue weighted by molar-refractivity contribution is 0.101. The first kappa shape index (κ1) is 15.4. The van der Waals surface area contributed by atoms with Gasteiger partial charge in [0.2, 0.25) is 0 Å². The lowest BCUT2D eigenvalue weighted by atomic mass is 10.1. The van der Waals surface area contributed by atoms with Crippen LogP contribution in [0, 0.1) is 6.92 Å². The van der Waals surface area contributed by atoms with Crippen LogP contribution in [0.3, 0.4) is 0 Å². The van der Waals surface area contributed by atoms with Crippen LogP contribution in [0.15, 0.2) is 36.4 Å². The molecule has 2 aromatic carbocycles. The molecule has 0 amide bonds. The number of hydrogen-bond donors (Lipinski definition) is 0. The van der Waals surface area contributed by atoms with Crippen LogP contribution in [0.2, 0.25) is 5.02 Å². The summed E-state index contributed by atoms with van der Waals surface area (Å²) in [4.78, 5) is 11.6.